The predicted molar refractivity (Wildman–Crippen MR) is 53.0 cm³/mol. The first kappa shape index (κ1) is 9.90. The first-order chi connectivity index (χ1) is 6.77. The van der Waals surface area contributed by atoms with Crippen molar-refractivity contribution >= 4 is 11.6 Å². The fourth-order valence-electron chi connectivity index (χ4n) is 1.55. The average Bonchev–Trinajstić information content (AvgIpc) is 2.23. The SMILES string of the molecule is Fc1ccc(Cl)cc1[C@H]1COCCN1. The largest absolute Gasteiger partial charge is 0.378 e. The molecule has 4 heteroatoms. The summed E-state index contributed by atoms with van der Waals surface area (Å²) in [6.07, 6.45) is 0. The van der Waals surface area contributed by atoms with Crippen LogP contribution in [-0.4, -0.2) is 19.8 Å². The molecule has 0 amide bonds. The highest BCUT2D eigenvalue weighted by Gasteiger charge is 2.18. The lowest BCUT2D eigenvalue weighted by Gasteiger charge is -2.24. The van der Waals surface area contributed by atoms with E-state index < -0.39 is 0 Å². The topological polar surface area (TPSA) is 21.3 Å². The Morgan fingerprint density at radius 2 is 2.36 bits per heavy atom. The van der Waals surface area contributed by atoms with E-state index in [0.717, 1.165) is 6.54 Å². The van der Waals surface area contributed by atoms with Gasteiger partial charge in [-0.3, -0.25) is 0 Å². The molecule has 1 aliphatic rings. The Kier molecular flexibility index (Phi) is 3.01. The molecule has 1 saturated heterocycles. The Morgan fingerprint density at radius 3 is 3.07 bits per heavy atom. The zero-order chi connectivity index (χ0) is 9.97. The fourth-order valence-corrected chi connectivity index (χ4v) is 1.73. The molecule has 1 aromatic rings. The second-order valence-electron chi connectivity index (χ2n) is 3.25. The summed E-state index contributed by atoms with van der Waals surface area (Å²) in [7, 11) is 0. The summed E-state index contributed by atoms with van der Waals surface area (Å²) < 4.78 is 18.7. The van der Waals surface area contributed by atoms with E-state index in [1.807, 2.05) is 0 Å². The third-order valence-electron chi connectivity index (χ3n) is 2.26. The van der Waals surface area contributed by atoms with Crippen LogP contribution in [0.5, 0.6) is 0 Å². The molecule has 0 unspecified atom stereocenters. The molecule has 1 aliphatic heterocycles. The lowest BCUT2D eigenvalue weighted by Crippen LogP contribution is -2.35. The van der Waals surface area contributed by atoms with Crippen LogP contribution in [0.3, 0.4) is 0 Å². The van der Waals surface area contributed by atoms with Crippen molar-refractivity contribution in [3.05, 3.63) is 34.6 Å². The number of halogens is 2. The first-order valence-electron chi connectivity index (χ1n) is 4.53. The van der Waals surface area contributed by atoms with Crippen LogP contribution in [0.1, 0.15) is 11.6 Å². The van der Waals surface area contributed by atoms with Crippen LogP contribution in [0.4, 0.5) is 4.39 Å². The van der Waals surface area contributed by atoms with E-state index in [0.29, 0.717) is 23.8 Å². The summed E-state index contributed by atoms with van der Waals surface area (Å²) in [6.45, 7) is 1.92. The molecule has 0 spiro atoms. The van der Waals surface area contributed by atoms with Crippen LogP contribution in [0.15, 0.2) is 18.2 Å². The summed E-state index contributed by atoms with van der Waals surface area (Å²) >= 11 is 5.80. The maximum Gasteiger partial charge on any atom is 0.128 e. The van der Waals surface area contributed by atoms with E-state index in [1.54, 1.807) is 12.1 Å². The van der Waals surface area contributed by atoms with Crippen molar-refractivity contribution in [2.45, 2.75) is 6.04 Å². The quantitative estimate of drug-likeness (QED) is 0.775. The molecule has 2 nitrogen and oxygen atoms in total. The molecule has 1 aromatic carbocycles. The smallest absolute Gasteiger partial charge is 0.128 e. The molecular weight excluding hydrogens is 205 g/mol. The minimum absolute atomic E-state index is 0.0811. The van der Waals surface area contributed by atoms with E-state index in [1.165, 1.54) is 6.07 Å². The van der Waals surface area contributed by atoms with E-state index in [9.17, 15) is 4.39 Å². The zero-order valence-electron chi connectivity index (χ0n) is 7.59. The summed E-state index contributed by atoms with van der Waals surface area (Å²) in [6, 6.07) is 4.49. The number of benzene rings is 1. The highest BCUT2D eigenvalue weighted by Crippen LogP contribution is 2.22. The van der Waals surface area contributed by atoms with Gasteiger partial charge in [0.05, 0.1) is 19.3 Å². The van der Waals surface area contributed by atoms with E-state index in [4.69, 9.17) is 16.3 Å². The normalized spacial score (nSPS) is 22.3. The molecule has 0 aliphatic carbocycles. The Labute approximate surface area is 87.0 Å². The molecule has 1 heterocycles. The van der Waals surface area contributed by atoms with Crippen molar-refractivity contribution < 1.29 is 9.13 Å². The number of rotatable bonds is 1. The van der Waals surface area contributed by atoms with Gasteiger partial charge in [-0.1, -0.05) is 11.6 Å². The lowest BCUT2D eigenvalue weighted by molar-refractivity contribution is 0.0757. The van der Waals surface area contributed by atoms with Crippen LogP contribution in [0, 0.1) is 5.82 Å². The van der Waals surface area contributed by atoms with Gasteiger partial charge in [0.15, 0.2) is 0 Å². The van der Waals surface area contributed by atoms with Gasteiger partial charge in [0.2, 0.25) is 0 Å². The molecular formula is C10H11ClFNO. The molecule has 1 atom stereocenters. The number of ether oxygens (including phenoxy) is 1. The molecule has 1 N–H and O–H groups in total. The number of nitrogens with one attached hydrogen (secondary N) is 1. The van der Waals surface area contributed by atoms with Crippen molar-refractivity contribution in [3.8, 4) is 0 Å². The maximum atomic E-state index is 13.4. The summed E-state index contributed by atoms with van der Waals surface area (Å²) in [5, 5.41) is 3.73. The molecule has 0 aromatic heterocycles. The first-order valence-corrected chi connectivity index (χ1v) is 4.91. The van der Waals surface area contributed by atoms with Crippen LogP contribution in [0.25, 0.3) is 0 Å². The Bertz CT molecular complexity index is 326. The van der Waals surface area contributed by atoms with Gasteiger partial charge in [-0.15, -0.1) is 0 Å². The molecule has 1 fully saturated rings. The van der Waals surface area contributed by atoms with Gasteiger partial charge in [0.1, 0.15) is 5.82 Å². The standard InChI is InChI=1S/C10H11ClFNO/c11-7-1-2-9(12)8(5-7)10-6-14-4-3-13-10/h1-2,5,10,13H,3-4,6H2/t10-/m1/s1. The Morgan fingerprint density at radius 1 is 1.50 bits per heavy atom. The van der Waals surface area contributed by atoms with Gasteiger partial charge >= 0.3 is 0 Å². The van der Waals surface area contributed by atoms with E-state index in [2.05, 4.69) is 5.32 Å². The van der Waals surface area contributed by atoms with Crippen molar-refractivity contribution in [3.63, 3.8) is 0 Å². The van der Waals surface area contributed by atoms with Crippen LogP contribution in [-0.2, 0) is 4.74 Å². The third kappa shape index (κ3) is 2.05. The Balaban J connectivity index is 2.24. The summed E-state index contributed by atoms with van der Waals surface area (Å²) in [5.41, 5.74) is 0.581. The van der Waals surface area contributed by atoms with E-state index in [-0.39, 0.29) is 11.9 Å². The van der Waals surface area contributed by atoms with Crippen molar-refractivity contribution in [1.29, 1.82) is 0 Å². The monoisotopic (exact) mass is 215 g/mol. The van der Waals surface area contributed by atoms with Crippen LogP contribution in [0.2, 0.25) is 5.02 Å². The lowest BCUT2D eigenvalue weighted by atomic mass is 10.1. The molecule has 0 radical (unpaired) electrons. The minimum Gasteiger partial charge on any atom is -0.378 e. The molecule has 76 valence electrons. The highest BCUT2D eigenvalue weighted by molar-refractivity contribution is 6.30. The fraction of sp³-hybridized carbons (Fsp3) is 0.400. The second-order valence-corrected chi connectivity index (χ2v) is 3.68. The molecule has 0 saturated carbocycles. The molecule has 14 heavy (non-hydrogen) atoms. The van der Waals surface area contributed by atoms with Crippen LogP contribution >= 0.6 is 11.6 Å². The van der Waals surface area contributed by atoms with Crippen LogP contribution < -0.4 is 5.32 Å². The molecule has 2 rings (SSSR count). The second kappa shape index (κ2) is 4.26. The van der Waals surface area contributed by atoms with E-state index >= 15 is 0 Å². The number of morpholine rings is 1. The van der Waals surface area contributed by atoms with Crippen molar-refractivity contribution in [2.75, 3.05) is 19.8 Å². The minimum atomic E-state index is -0.239. The summed E-state index contributed by atoms with van der Waals surface area (Å²) in [5.74, 6) is -0.239. The van der Waals surface area contributed by atoms with Gasteiger partial charge in [0.25, 0.3) is 0 Å². The summed E-state index contributed by atoms with van der Waals surface area (Å²) in [4.78, 5) is 0. The van der Waals surface area contributed by atoms with Gasteiger partial charge in [-0.05, 0) is 18.2 Å². The van der Waals surface area contributed by atoms with Gasteiger partial charge in [-0.25, -0.2) is 4.39 Å². The van der Waals surface area contributed by atoms with Crippen molar-refractivity contribution in [1.82, 2.24) is 5.32 Å². The van der Waals surface area contributed by atoms with Gasteiger partial charge in [-0.2, -0.15) is 0 Å². The average molecular weight is 216 g/mol. The predicted octanol–water partition coefficient (Wildman–Crippen LogP) is 2.14. The third-order valence-corrected chi connectivity index (χ3v) is 2.49. The van der Waals surface area contributed by atoms with Crippen molar-refractivity contribution in [2.24, 2.45) is 0 Å². The number of hydrogen-bond donors (Lipinski definition) is 1. The zero-order valence-corrected chi connectivity index (χ0v) is 8.35. The Hall–Kier alpha value is -0.640. The highest BCUT2D eigenvalue weighted by atomic mass is 35.5. The molecule has 0 bridgehead atoms. The number of hydrogen-bond acceptors (Lipinski definition) is 2. The van der Waals surface area contributed by atoms with Gasteiger partial charge < -0.3 is 10.1 Å². The van der Waals surface area contributed by atoms with Gasteiger partial charge in [0, 0.05) is 17.1 Å². The maximum absolute atomic E-state index is 13.4.